The Morgan fingerprint density at radius 1 is 1.35 bits per heavy atom. The van der Waals surface area contributed by atoms with Gasteiger partial charge in [-0.1, -0.05) is 13.3 Å². The number of ether oxygens (including phenoxy) is 1. The summed E-state index contributed by atoms with van der Waals surface area (Å²) in [6, 6.07) is 0. The lowest BCUT2D eigenvalue weighted by atomic mass is 10.3. The van der Waals surface area contributed by atoms with Crippen molar-refractivity contribution in [3.8, 4) is 0 Å². The normalized spacial score (nSPS) is 23.8. The minimum absolute atomic E-state index is 0.0607. The molecule has 0 aromatic rings. The van der Waals surface area contributed by atoms with Gasteiger partial charge in [-0.2, -0.15) is 4.31 Å². The number of hydrogen-bond donors (Lipinski definition) is 1. The van der Waals surface area contributed by atoms with Crippen LogP contribution in [0.2, 0.25) is 0 Å². The van der Waals surface area contributed by atoms with Gasteiger partial charge in [-0.25, -0.2) is 8.42 Å². The monoisotopic (exact) mass is 348 g/mol. The van der Waals surface area contributed by atoms with Gasteiger partial charge >= 0.3 is 0 Å². The summed E-state index contributed by atoms with van der Waals surface area (Å²) in [6.45, 7) is 8.06. The van der Waals surface area contributed by atoms with Crippen molar-refractivity contribution in [3.63, 3.8) is 0 Å². The molecule has 23 heavy (non-hydrogen) atoms. The van der Waals surface area contributed by atoms with Crippen LogP contribution in [0.5, 0.6) is 0 Å². The van der Waals surface area contributed by atoms with Crippen LogP contribution in [-0.2, 0) is 14.8 Å². The molecule has 1 aliphatic heterocycles. The number of guanidine groups is 1. The molecule has 0 spiro atoms. The van der Waals surface area contributed by atoms with Gasteiger partial charge in [-0.15, -0.1) is 0 Å². The molecule has 1 heterocycles. The lowest BCUT2D eigenvalue weighted by molar-refractivity contribution is -0.0440. The van der Waals surface area contributed by atoms with Gasteiger partial charge in [0.2, 0.25) is 10.0 Å². The van der Waals surface area contributed by atoms with Crippen molar-refractivity contribution in [1.29, 1.82) is 0 Å². The molecule has 2 atom stereocenters. The van der Waals surface area contributed by atoms with E-state index in [1.165, 1.54) is 4.31 Å². The minimum atomic E-state index is -3.28. The second kappa shape index (κ2) is 9.44. The van der Waals surface area contributed by atoms with Gasteiger partial charge in [-0.05, 0) is 20.3 Å². The first-order chi connectivity index (χ1) is 10.8. The van der Waals surface area contributed by atoms with Gasteiger partial charge in [0.25, 0.3) is 0 Å². The Morgan fingerprint density at radius 2 is 1.96 bits per heavy atom. The summed E-state index contributed by atoms with van der Waals surface area (Å²) < 4.78 is 32.1. The molecule has 8 heteroatoms. The average Bonchev–Trinajstić information content (AvgIpc) is 2.48. The second-order valence-electron chi connectivity index (χ2n) is 6.14. The van der Waals surface area contributed by atoms with Crippen LogP contribution < -0.4 is 5.32 Å². The van der Waals surface area contributed by atoms with Crippen LogP contribution in [0.15, 0.2) is 4.99 Å². The highest BCUT2D eigenvalue weighted by molar-refractivity contribution is 7.89. The summed E-state index contributed by atoms with van der Waals surface area (Å²) in [6.07, 6.45) is 2.08. The predicted molar refractivity (Wildman–Crippen MR) is 94.3 cm³/mol. The van der Waals surface area contributed by atoms with E-state index in [0.717, 1.165) is 25.3 Å². The van der Waals surface area contributed by atoms with Crippen LogP contribution >= 0.6 is 0 Å². The number of hydrogen-bond acceptors (Lipinski definition) is 4. The molecule has 1 aliphatic rings. The van der Waals surface area contributed by atoms with E-state index in [0.29, 0.717) is 19.6 Å². The van der Waals surface area contributed by atoms with Crippen LogP contribution in [0.1, 0.15) is 33.6 Å². The molecule has 1 N–H and O–H groups in total. The smallest absolute Gasteiger partial charge is 0.216 e. The molecule has 0 saturated carbocycles. The summed E-state index contributed by atoms with van der Waals surface area (Å²) in [5.74, 6) is 0.796. The molecular weight excluding hydrogens is 316 g/mol. The molecule has 1 saturated heterocycles. The van der Waals surface area contributed by atoms with E-state index in [1.54, 1.807) is 7.05 Å². The summed E-state index contributed by atoms with van der Waals surface area (Å²) in [5, 5.41) is 3.13. The van der Waals surface area contributed by atoms with Crippen molar-refractivity contribution in [1.82, 2.24) is 14.5 Å². The van der Waals surface area contributed by atoms with Crippen molar-refractivity contribution in [2.75, 3.05) is 46.0 Å². The molecule has 1 fully saturated rings. The first kappa shape index (κ1) is 20.2. The molecule has 0 bridgehead atoms. The zero-order valence-electron chi connectivity index (χ0n) is 15.1. The lowest BCUT2D eigenvalue weighted by Crippen LogP contribution is -2.50. The quantitative estimate of drug-likeness (QED) is 0.542. The van der Waals surface area contributed by atoms with Crippen molar-refractivity contribution in [3.05, 3.63) is 0 Å². The highest BCUT2D eigenvalue weighted by atomic mass is 32.2. The van der Waals surface area contributed by atoms with Crippen LogP contribution in [-0.4, -0.2) is 81.8 Å². The number of nitrogens with one attached hydrogen (secondary N) is 1. The summed E-state index contributed by atoms with van der Waals surface area (Å²) in [4.78, 5) is 6.22. The highest BCUT2D eigenvalue weighted by Crippen LogP contribution is 2.14. The van der Waals surface area contributed by atoms with Crippen molar-refractivity contribution in [2.45, 2.75) is 45.8 Å². The highest BCUT2D eigenvalue weighted by Gasteiger charge is 2.30. The Bertz CT molecular complexity index is 471. The number of morpholine rings is 1. The molecule has 0 aliphatic carbocycles. The second-order valence-corrected chi connectivity index (χ2v) is 8.23. The van der Waals surface area contributed by atoms with Gasteiger partial charge in [0.15, 0.2) is 5.96 Å². The standard InChI is InChI=1S/C15H32N4O3S/c1-6-7-9-18(5)15(16-4)17-8-10-23(20,21)19-11-13(2)22-14(3)12-19/h13-14H,6-12H2,1-5H3,(H,16,17). The summed E-state index contributed by atoms with van der Waals surface area (Å²) in [7, 11) is 0.398. The molecule has 7 nitrogen and oxygen atoms in total. The Morgan fingerprint density at radius 3 is 2.48 bits per heavy atom. The van der Waals surface area contributed by atoms with Crippen molar-refractivity contribution < 1.29 is 13.2 Å². The SMILES string of the molecule is CCCCN(C)C(=NC)NCCS(=O)(=O)N1CC(C)OC(C)C1. The van der Waals surface area contributed by atoms with E-state index in [4.69, 9.17) is 4.74 Å². The fourth-order valence-corrected chi connectivity index (χ4v) is 4.16. The van der Waals surface area contributed by atoms with Crippen molar-refractivity contribution >= 4 is 16.0 Å². The first-order valence-corrected chi connectivity index (χ1v) is 9.96. The van der Waals surface area contributed by atoms with Gasteiger partial charge in [0.05, 0.1) is 18.0 Å². The van der Waals surface area contributed by atoms with E-state index in [1.807, 2.05) is 25.8 Å². The fraction of sp³-hybridized carbons (Fsp3) is 0.933. The molecule has 2 unspecified atom stereocenters. The van der Waals surface area contributed by atoms with E-state index >= 15 is 0 Å². The Kier molecular flexibility index (Phi) is 8.28. The van der Waals surface area contributed by atoms with Crippen molar-refractivity contribution in [2.24, 2.45) is 4.99 Å². The fourth-order valence-electron chi connectivity index (χ4n) is 2.66. The van der Waals surface area contributed by atoms with Crippen LogP contribution in [0.25, 0.3) is 0 Å². The molecule has 136 valence electrons. The third-order valence-corrected chi connectivity index (χ3v) is 5.65. The number of nitrogens with zero attached hydrogens (tertiary/aromatic N) is 3. The average molecular weight is 349 g/mol. The van der Waals surface area contributed by atoms with Crippen LogP contribution in [0.4, 0.5) is 0 Å². The zero-order valence-corrected chi connectivity index (χ0v) is 15.9. The maximum Gasteiger partial charge on any atom is 0.216 e. The van der Waals surface area contributed by atoms with E-state index in [2.05, 4.69) is 17.2 Å². The topological polar surface area (TPSA) is 74.2 Å². The molecule has 0 aromatic carbocycles. The summed E-state index contributed by atoms with van der Waals surface area (Å²) >= 11 is 0. The van der Waals surface area contributed by atoms with Gasteiger partial charge in [0, 0.05) is 40.3 Å². The van der Waals surface area contributed by atoms with Gasteiger partial charge < -0.3 is 15.0 Å². The predicted octanol–water partition coefficient (Wildman–Crippen LogP) is 0.733. The molecular formula is C15H32N4O3S. The Balaban J connectivity index is 2.49. The number of aliphatic imine (C=N–C) groups is 1. The van der Waals surface area contributed by atoms with Crippen LogP contribution in [0.3, 0.4) is 0 Å². The maximum atomic E-state index is 12.5. The Labute approximate surface area is 141 Å². The molecule has 0 aromatic heterocycles. The van der Waals surface area contributed by atoms with E-state index < -0.39 is 10.0 Å². The minimum Gasteiger partial charge on any atom is -0.373 e. The number of unbranched alkanes of at least 4 members (excludes halogenated alkanes) is 1. The molecule has 1 rings (SSSR count). The summed E-state index contributed by atoms with van der Waals surface area (Å²) in [5.41, 5.74) is 0. The largest absolute Gasteiger partial charge is 0.373 e. The number of sulfonamides is 1. The molecule has 0 amide bonds. The Hall–Kier alpha value is -0.860. The van der Waals surface area contributed by atoms with E-state index in [9.17, 15) is 8.42 Å². The first-order valence-electron chi connectivity index (χ1n) is 8.35. The van der Waals surface area contributed by atoms with Crippen LogP contribution in [0, 0.1) is 0 Å². The third kappa shape index (κ3) is 6.64. The number of rotatable bonds is 7. The maximum absolute atomic E-state index is 12.5. The van der Waals surface area contributed by atoms with E-state index in [-0.39, 0.29) is 18.0 Å². The van der Waals surface area contributed by atoms with Gasteiger partial charge in [-0.3, -0.25) is 4.99 Å². The third-order valence-electron chi connectivity index (χ3n) is 3.84. The zero-order chi connectivity index (χ0) is 17.5. The molecule has 0 radical (unpaired) electrons. The lowest BCUT2D eigenvalue weighted by Gasteiger charge is -2.34. The van der Waals surface area contributed by atoms with Gasteiger partial charge in [0.1, 0.15) is 0 Å².